The van der Waals surface area contributed by atoms with Crippen LogP contribution in [0.25, 0.3) is 0 Å². The van der Waals surface area contributed by atoms with Gasteiger partial charge in [-0.25, -0.2) is 0 Å². The van der Waals surface area contributed by atoms with E-state index in [1.807, 2.05) is 14.2 Å². The average Bonchev–Trinajstić information content (AvgIpc) is 2.77. The van der Waals surface area contributed by atoms with E-state index in [1.165, 1.54) is 38.6 Å². The van der Waals surface area contributed by atoms with Crippen LogP contribution in [0.15, 0.2) is 0 Å². The first kappa shape index (κ1) is 15.2. The highest BCUT2D eigenvalue weighted by molar-refractivity contribution is 6.65. The van der Waals surface area contributed by atoms with Crippen LogP contribution in [0.4, 0.5) is 0 Å². The largest absolute Gasteiger partial charge is 0.427 e. The van der Waals surface area contributed by atoms with Crippen molar-refractivity contribution in [2.24, 2.45) is 5.92 Å². The third kappa shape index (κ3) is 3.78. The van der Waals surface area contributed by atoms with Gasteiger partial charge < -0.3 is 8.85 Å². The van der Waals surface area contributed by atoms with Gasteiger partial charge in [-0.1, -0.05) is 33.1 Å². The second-order valence-electron chi connectivity index (χ2n) is 5.09. The van der Waals surface area contributed by atoms with Crippen molar-refractivity contribution in [1.29, 1.82) is 0 Å². The van der Waals surface area contributed by atoms with Gasteiger partial charge in [0, 0.05) is 20.3 Å². The Hall–Kier alpha value is 0.0969. The molecule has 0 saturated carbocycles. The van der Waals surface area contributed by atoms with Crippen molar-refractivity contribution in [3.8, 4) is 0 Å². The molecule has 1 aliphatic rings. The number of nitrogens with zero attached hydrogens (tertiary/aromatic N) is 1. The number of hydrogen-bond acceptors (Lipinski definition) is 3. The molecule has 0 aliphatic carbocycles. The van der Waals surface area contributed by atoms with Crippen LogP contribution in [0.5, 0.6) is 0 Å². The van der Waals surface area contributed by atoms with Gasteiger partial charge in [0.1, 0.15) is 0 Å². The van der Waals surface area contributed by atoms with Crippen molar-refractivity contribution in [2.75, 3.05) is 27.3 Å². The Morgan fingerprint density at radius 1 is 1.24 bits per heavy atom. The summed E-state index contributed by atoms with van der Waals surface area (Å²) in [4.78, 5) is 0. The fraction of sp³-hybridized carbons (Fsp3) is 1.00. The molecule has 0 aromatic rings. The van der Waals surface area contributed by atoms with Gasteiger partial charge in [-0.3, -0.25) is 4.57 Å². The average molecular weight is 259 g/mol. The molecule has 1 atom stereocenters. The summed E-state index contributed by atoms with van der Waals surface area (Å²) in [5.41, 5.74) is 0. The molecule has 0 amide bonds. The lowest BCUT2D eigenvalue weighted by Gasteiger charge is -2.34. The molecule has 3 nitrogen and oxygen atoms in total. The van der Waals surface area contributed by atoms with E-state index in [0.29, 0.717) is 0 Å². The second kappa shape index (κ2) is 7.51. The van der Waals surface area contributed by atoms with Gasteiger partial charge >= 0.3 is 8.72 Å². The van der Waals surface area contributed by atoms with Crippen LogP contribution in [-0.4, -0.2) is 40.6 Å². The van der Waals surface area contributed by atoms with Gasteiger partial charge in [-0.15, -0.1) is 0 Å². The van der Waals surface area contributed by atoms with Crippen LogP contribution in [0.2, 0.25) is 6.04 Å². The molecule has 4 heteroatoms. The summed E-state index contributed by atoms with van der Waals surface area (Å²) in [5, 5.41) is 0. The molecule has 0 N–H and O–H groups in total. The minimum absolute atomic E-state index is 0.810. The number of rotatable bonds is 8. The summed E-state index contributed by atoms with van der Waals surface area (Å²) < 4.78 is 14.0. The van der Waals surface area contributed by atoms with Crippen LogP contribution in [0.3, 0.4) is 0 Å². The molecular formula is C13H29NO2Si. The quantitative estimate of drug-likeness (QED) is 0.625. The summed E-state index contributed by atoms with van der Waals surface area (Å²) >= 11 is 0. The van der Waals surface area contributed by atoms with E-state index in [0.717, 1.165) is 18.5 Å². The Morgan fingerprint density at radius 3 is 2.47 bits per heavy atom. The van der Waals surface area contributed by atoms with Crippen molar-refractivity contribution >= 4 is 8.72 Å². The maximum atomic E-state index is 5.75. The van der Waals surface area contributed by atoms with E-state index < -0.39 is 8.72 Å². The van der Waals surface area contributed by atoms with Crippen molar-refractivity contribution in [1.82, 2.24) is 4.57 Å². The Kier molecular flexibility index (Phi) is 6.70. The van der Waals surface area contributed by atoms with Crippen LogP contribution >= 0.6 is 0 Å². The Morgan fingerprint density at radius 2 is 1.94 bits per heavy atom. The summed E-state index contributed by atoms with van der Waals surface area (Å²) in [6.45, 7) is 6.91. The molecule has 1 rings (SSSR count). The van der Waals surface area contributed by atoms with E-state index in [-0.39, 0.29) is 0 Å². The Bertz CT molecular complexity index is 210. The maximum absolute atomic E-state index is 5.75. The molecule has 1 heterocycles. The fourth-order valence-electron chi connectivity index (χ4n) is 2.83. The SMILES string of the molecule is CCCCC(CC)CN1CCC[Si]1(OC)OC. The van der Waals surface area contributed by atoms with Crippen molar-refractivity contribution in [2.45, 2.75) is 52.0 Å². The van der Waals surface area contributed by atoms with Crippen molar-refractivity contribution < 1.29 is 8.85 Å². The van der Waals surface area contributed by atoms with Crippen LogP contribution in [0, 0.1) is 5.92 Å². The lowest BCUT2D eigenvalue weighted by Crippen LogP contribution is -2.54. The van der Waals surface area contributed by atoms with Gasteiger partial charge in [0.15, 0.2) is 0 Å². The van der Waals surface area contributed by atoms with E-state index in [9.17, 15) is 0 Å². The fourth-order valence-corrected chi connectivity index (χ4v) is 5.87. The molecule has 1 fully saturated rings. The van der Waals surface area contributed by atoms with E-state index >= 15 is 0 Å². The molecule has 102 valence electrons. The molecule has 0 aromatic heterocycles. The van der Waals surface area contributed by atoms with Gasteiger partial charge in [0.05, 0.1) is 0 Å². The van der Waals surface area contributed by atoms with E-state index in [2.05, 4.69) is 18.4 Å². The monoisotopic (exact) mass is 259 g/mol. The van der Waals surface area contributed by atoms with Gasteiger partial charge in [0.2, 0.25) is 0 Å². The first-order chi connectivity index (χ1) is 8.22. The molecule has 0 bridgehead atoms. The first-order valence-corrected chi connectivity index (χ1v) is 9.04. The highest BCUT2D eigenvalue weighted by Gasteiger charge is 2.47. The Balaban J connectivity index is 2.52. The lowest BCUT2D eigenvalue weighted by atomic mass is 9.99. The topological polar surface area (TPSA) is 21.7 Å². The summed E-state index contributed by atoms with van der Waals surface area (Å²) in [7, 11) is 1.65. The van der Waals surface area contributed by atoms with Crippen molar-refractivity contribution in [3.05, 3.63) is 0 Å². The van der Waals surface area contributed by atoms with Gasteiger partial charge in [-0.05, 0) is 31.8 Å². The normalized spacial score (nSPS) is 21.9. The lowest BCUT2D eigenvalue weighted by molar-refractivity contribution is 0.168. The molecule has 1 aliphatic heterocycles. The highest BCUT2D eigenvalue weighted by Crippen LogP contribution is 2.29. The Labute approximate surface area is 108 Å². The standard InChI is InChI=1S/C13H29NO2Si/c1-5-7-9-13(6-2)12-14-10-8-11-17(14,15-3)16-4/h13H,5-12H2,1-4H3. The van der Waals surface area contributed by atoms with E-state index in [4.69, 9.17) is 8.85 Å². The van der Waals surface area contributed by atoms with Crippen molar-refractivity contribution in [3.63, 3.8) is 0 Å². The van der Waals surface area contributed by atoms with E-state index in [1.54, 1.807) is 0 Å². The summed E-state index contributed by atoms with van der Waals surface area (Å²) in [6, 6.07) is 1.13. The van der Waals surface area contributed by atoms with Gasteiger partial charge in [0.25, 0.3) is 0 Å². The molecule has 1 saturated heterocycles. The number of hydrogen-bond donors (Lipinski definition) is 0. The van der Waals surface area contributed by atoms with Crippen LogP contribution < -0.4 is 0 Å². The zero-order valence-electron chi connectivity index (χ0n) is 12.0. The molecule has 0 radical (unpaired) electrons. The van der Waals surface area contributed by atoms with Crippen LogP contribution in [0.1, 0.15) is 46.0 Å². The maximum Gasteiger partial charge on any atom is 0.427 e. The highest BCUT2D eigenvalue weighted by atomic mass is 28.4. The summed E-state index contributed by atoms with van der Waals surface area (Å²) in [6.07, 6.45) is 6.50. The first-order valence-electron chi connectivity index (χ1n) is 7.07. The second-order valence-corrected chi connectivity index (χ2v) is 8.46. The third-order valence-corrected chi connectivity index (χ3v) is 7.69. The minimum Gasteiger partial charge on any atom is -0.386 e. The smallest absolute Gasteiger partial charge is 0.386 e. The van der Waals surface area contributed by atoms with Gasteiger partial charge in [-0.2, -0.15) is 0 Å². The summed E-state index contributed by atoms with van der Waals surface area (Å²) in [5.74, 6) is 0.810. The third-order valence-electron chi connectivity index (χ3n) is 4.06. The zero-order chi connectivity index (χ0) is 12.7. The van der Waals surface area contributed by atoms with Crippen LogP contribution in [-0.2, 0) is 8.85 Å². The molecule has 1 unspecified atom stereocenters. The predicted molar refractivity (Wildman–Crippen MR) is 74.1 cm³/mol. The molecule has 0 spiro atoms. The molecule has 0 aromatic carbocycles. The molecular weight excluding hydrogens is 230 g/mol. The minimum atomic E-state index is -1.99. The molecule has 17 heavy (non-hydrogen) atoms. The zero-order valence-corrected chi connectivity index (χ0v) is 13.0. The predicted octanol–water partition coefficient (Wildman–Crippen LogP) is 3.14. The number of unbranched alkanes of at least 4 members (excludes halogenated alkanes) is 1.